The highest BCUT2D eigenvalue weighted by molar-refractivity contribution is 5.89. The second-order valence-electron chi connectivity index (χ2n) is 8.18. The van der Waals surface area contributed by atoms with Crippen molar-refractivity contribution in [3.05, 3.63) is 77.9 Å². The highest BCUT2D eigenvalue weighted by atomic mass is 19.1. The first-order chi connectivity index (χ1) is 15.4. The van der Waals surface area contributed by atoms with Crippen molar-refractivity contribution in [2.24, 2.45) is 0 Å². The van der Waals surface area contributed by atoms with Crippen molar-refractivity contribution in [2.45, 2.75) is 32.4 Å². The Morgan fingerprint density at radius 1 is 1.09 bits per heavy atom. The molecule has 0 saturated carbocycles. The highest BCUT2D eigenvalue weighted by Gasteiger charge is 2.36. The molecule has 1 aromatic heterocycles. The second kappa shape index (κ2) is 9.34. The molecule has 1 aliphatic heterocycles. The van der Waals surface area contributed by atoms with E-state index in [1.54, 1.807) is 39.9 Å². The Morgan fingerprint density at radius 2 is 1.84 bits per heavy atom. The van der Waals surface area contributed by atoms with Gasteiger partial charge in [-0.15, -0.1) is 0 Å². The Hall–Kier alpha value is -3.48. The fourth-order valence-corrected chi connectivity index (χ4v) is 4.20. The van der Waals surface area contributed by atoms with E-state index in [0.717, 1.165) is 22.4 Å². The molecule has 7 heteroatoms. The molecular formula is C25H27FN4O2. The smallest absolute Gasteiger partial charge is 0.245 e. The van der Waals surface area contributed by atoms with Gasteiger partial charge in [0.05, 0.1) is 0 Å². The number of aryl methyl sites for hydroxylation is 2. The number of benzene rings is 2. The van der Waals surface area contributed by atoms with Crippen LogP contribution in [0.25, 0.3) is 11.1 Å². The van der Waals surface area contributed by atoms with Crippen LogP contribution in [0.5, 0.6) is 0 Å². The average molecular weight is 435 g/mol. The molecule has 3 aromatic rings. The van der Waals surface area contributed by atoms with Crippen molar-refractivity contribution in [3.63, 3.8) is 0 Å². The molecule has 4 rings (SSSR count). The van der Waals surface area contributed by atoms with E-state index in [2.05, 4.69) is 5.10 Å². The first-order valence-corrected chi connectivity index (χ1v) is 10.8. The number of hydrogen-bond donors (Lipinski definition) is 0. The van der Waals surface area contributed by atoms with E-state index in [0.29, 0.717) is 26.1 Å². The summed E-state index contributed by atoms with van der Waals surface area (Å²) in [6.07, 6.45) is 2.41. The number of likely N-dealkylation sites (N-methyl/N-ethyl adjacent to an activating group) is 1. The van der Waals surface area contributed by atoms with Gasteiger partial charge in [0, 0.05) is 51.4 Å². The van der Waals surface area contributed by atoms with E-state index in [1.807, 2.05) is 37.3 Å². The van der Waals surface area contributed by atoms with Gasteiger partial charge in [-0.1, -0.05) is 36.4 Å². The van der Waals surface area contributed by atoms with Crippen LogP contribution in [0.4, 0.5) is 4.39 Å². The summed E-state index contributed by atoms with van der Waals surface area (Å²) in [6, 6.07) is 15.4. The van der Waals surface area contributed by atoms with Crippen LogP contribution in [-0.4, -0.2) is 57.6 Å². The predicted molar refractivity (Wildman–Crippen MR) is 120 cm³/mol. The van der Waals surface area contributed by atoms with E-state index >= 15 is 0 Å². The zero-order chi connectivity index (χ0) is 22.7. The van der Waals surface area contributed by atoms with Crippen LogP contribution in [0.3, 0.4) is 0 Å². The van der Waals surface area contributed by atoms with Crippen molar-refractivity contribution in [3.8, 4) is 11.1 Å². The number of aromatic nitrogens is 2. The molecule has 1 saturated heterocycles. The highest BCUT2D eigenvalue weighted by Crippen LogP contribution is 2.27. The third kappa shape index (κ3) is 4.56. The third-order valence-corrected chi connectivity index (χ3v) is 6.09. The maximum absolute atomic E-state index is 13.4. The standard InChI is InChI=1S/C25H27FN4O2/c1-18-11-13-27-30(18)14-12-24(31)29-16-15-28(2)25(32)23(29)17-20-5-3-4-6-22(20)19-7-9-21(26)10-8-19/h3-11,13,23H,12,14-17H2,1-2H3. The van der Waals surface area contributed by atoms with E-state index in [9.17, 15) is 14.0 Å². The first kappa shape index (κ1) is 21.7. The number of halogens is 1. The molecule has 6 nitrogen and oxygen atoms in total. The van der Waals surface area contributed by atoms with Gasteiger partial charge in [-0.05, 0) is 41.8 Å². The van der Waals surface area contributed by atoms with Crippen LogP contribution in [-0.2, 0) is 22.6 Å². The molecule has 0 bridgehead atoms. The molecule has 1 atom stereocenters. The molecule has 0 spiro atoms. The molecular weight excluding hydrogens is 407 g/mol. The summed E-state index contributed by atoms with van der Waals surface area (Å²) in [7, 11) is 1.77. The fraction of sp³-hybridized carbons (Fsp3) is 0.320. The van der Waals surface area contributed by atoms with Gasteiger partial charge < -0.3 is 9.80 Å². The monoisotopic (exact) mass is 434 g/mol. The van der Waals surface area contributed by atoms with Crippen molar-refractivity contribution in [1.29, 1.82) is 0 Å². The van der Waals surface area contributed by atoms with Crippen LogP contribution < -0.4 is 0 Å². The summed E-state index contributed by atoms with van der Waals surface area (Å²) in [6.45, 7) is 3.45. The molecule has 0 N–H and O–H groups in total. The number of nitrogens with zero attached hydrogens (tertiary/aromatic N) is 4. The van der Waals surface area contributed by atoms with E-state index in [-0.39, 0.29) is 24.1 Å². The summed E-state index contributed by atoms with van der Waals surface area (Å²) in [4.78, 5) is 29.6. The minimum absolute atomic E-state index is 0.0504. The lowest BCUT2D eigenvalue weighted by molar-refractivity contribution is -0.150. The Kier molecular flexibility index (Phi) is 6.35. The lowest BCUT2D eigenvalue weighted by atomic mass is 9.93. The Balaban J connectivity index is 1.57. The molecule has 2 heterocycles. The van der Waals surface area contributed by atoms with Gasteiger partial charge in [-0.2, -0.15) is 5.10 Å². The Bertz CT molecular complexity index is 1110. The van der Waals surface area contributed by atoms with Gasteiger partial charge in [-0.25, -0.2) is 4.39 Å². The molecule has 1 fully saturated rings. The number of carbonyl (C=O) groups is 2. The van der Waals surface area contributed by atoms with Crippen molar-refractivity contribution in [1.82, 2.24) is 19.6 Å². The summed E-state index contributed by atoms with van der Waals surface area (Å²) in [5, 5.41) is 4.24. The quantitative estimate of drug-likeness (QED) is 0.598. The largest absolute Gasteiger partial charge is 0.342 e. The number of rotatable bonds is 6. The topological polar surface area (TPSA) is 58.4 Å². The van der Waals surface area contributed by atoms with Crippen molar-refractivity contribution in [2.75, 3.05) is 20.1 Å². The van der Waals surface area contributed by atoms with Crippen LogP contribution in [0.15, 0.2) is 60.8 Å². The first-order valence-electron chi connectivity index (χ1n) is 10.8. The minimum atomic E-state index is -0.568. The van der Waals surface area contributed by atoms with E-state index in [4.69, 9.17) is 0 Å². The van der Waals surface area contributed by atoms with Crippen LogP contribution in [0, 0.1) is 12.7 Å². The zero-order valence-electron chi connectivity index (χ0n) is 18.4. The molecule has 2 aromatic carbocycles. The maximum atomic E-state index is 13.4. The van der Waals surface area contributed by atoms with Gasteiger partial charge in [0.1, 0.15) is 11.9 Å². The number of piperazine rings is 1. The molecule has 166 valence electrons. The van der Waals surface area contributed by atoms with Gasteiger partial charge in [0.15, 0.2) is 0 Å². The summed E-state index contributed by atoms with van der Waals surface area (Å²) in [5.74, 6) is -0.404. The third-order valence-electron chi connectivity index (χ3n) is 6.09. The molecule has 0 radical (unpaired) electrons. The average Bonchev–Trinajstić information content (AvgIpc) is 3.21. The molecule has 2 amide bonds. The van der Waals surface area contributed by atoms with Crippen molar-refractivity contribution < 1.29 is 14.0 Å². The minimum Gasteiger partial charge on any atom is -0.342 e. The lowest BCUT2D eigenvalue weighted by Gasteiger charge is -2.39. The maximum Gasteiger partial charge on any atom is 0.245 e. The SMILES string of the molecule is Cc1ccnn1CCC(=O)N1CCN(C)C(=O)C1Cc1ccccc1-c1ccc(F)cc1. The fourth-order valence-electron chi connectivity index (χ4n) is 4.20. The summed E-state index contributed by atoms with van der Waals surface area (Å²) in [5.41, 5.74) is 3.77. The Morgan fingerprint density at radius 3 is 2.56 bits per heavy atom. The second-order valence-corrected chi connectivity index (χ2v) is 8.18. The van der Waals surface area contributed by atoms with Crippen LogP contribution >= 0.6 is 0 Å². The van der Waals surface area contributed by atoms with Crippen LogP contribution in [0.2, 0.25) is 0 Å². The Labute approximate surface area is 187 Å². The van der Waals surface area contributed by atoms with Gasteiger partial charge in [0.25, 0.3) is 0 Å². The number of amides is 2. The summed E-state index contributed by atoms with van der Waals surface area (Å²) >= 11 is 0. The summed E-state index contributed by atoms with van der Waals surface area (Å²) < 4.78 is 15.2. The van der Waals surface area contributed by atoms with Gasteiger partial charge in [-0.3, -0.25) is 14.3 Å². The zero-order valence-corrected chi connectivity index (χ0v) is 18.4. The predicted octanol–water partition coefficient (Wildman–Crippen LogP) is 3.30. The lowest BCUT2D eigenvalue weighted by Crippen LogP contribution is -2.58. The normalized spacial score (nSPS) is 16.5. The number of hydrogen-bond acceptors (Lipinski definition) is 3. The number of carbonyl (C=O) groups excluding carboxylic acids is 2. The molecule has 32 heavy (non-hydrogen) atoms. The van der Waals surface area contributed by atoms with E-state index in [1.165, 1.54) is 12.1 Å². The van der Waals surface area contributed by atoms with Crippen molar-refractivity contribution >= 4 is 11.8 Å². The molecule has 1 aliphatic rings. The van der Waals surface area contributed by atoms with E-state index < -0.39 is 6.04 Å². The molecule has 1 unspecified atom stereocenters. The van der Waals surface area contributed by atoms with Gasteiger partial charge in [0.2, 0.25) is 11.8 Å². The van der Waals surface area contributed by atoms with Gasteiger partial charge >= 0.3 is 0 Å². The molecule has 0 aliphatic carbocycles. The van der Waals surface area contributed by atoms with Crippen LogP contribution in [0.1, 0.15) is 17.7 Å².